The van der Waals surface area contributed by atoms with Gasteiger partial charge in [-0.15, -0.1) is 0 Å². The number of nitrogen functional groups attached to an aromatic ring is 1. The number of benzene rings is 1. The summed E-state index contributed by atoms with van der Waals surface area (Å²) < 4.78 is 26.5. The molecule has 1 saturated heterocycles. The number of nitriles is 1. The zero-order valence-corrected chi connectivity index (χ0v) is 12.4. The van der Waals surface area contributed by atoms with Gasteiger partial charge in [0, 0.05) is 13.6 Å². The Morgan fingerprint density at radius 1 is 1.52 bits per heavy atom. The van der Waals surface area contributed by atoms with Gasteiger partial charge >= 0.3 is 0 Å². The van der Waals surface area contributed by atoms with Crippen molar-refractivity contribution in [1.82, 2.24) is 9.62 Å². The lowest BCUT2D eigenvalue weighted by Crippen LogP contribution is -2.44. The molecule has 0 saturated carbocycles. The number of likely N-dealkylation sites (N-methyl/N-ethyl adjacent to an activating group) is 1. The quantitative estimate of drug-likeness (QED) is 0.765. The molecule has 8 heteroatoms. The summed E-state index contributed by atoms with van der Waals surface area (Å²) in [6.45, 7) is 0.278. The van der Waals surface area contributed by atoms with Crippen molar-refractivity contribution < 1.29 is 13.2 Å². The number of nitrogens with zero attached hydrogens (tertiary/aromatic N) is 2. The molecule has 0 bridgehead atoms. The van der Waals surface area contributed by atoms with Crippen molar-refractivity contribution in [1.29, 1.82) is 5.26 Å². The van der Waals surface area contributed by atoms with Gasteiger partial charge in [-0.1, -0.05) is 0 Å². The fraction of sp³-hybridized carbons (Fsp3) is 0.385. The maximum Gasteiger partial charge on any atom is 0.245 e. The van der Waals surface area contributed by atoms with Crippen LogP contribution in [0.25, 0.3) is 0 Å². The number of hydrogen-bond acceptors (Lipinski definition) is 5. The van der Waals surface area contributed by atoms with Gasteiger partial charge in [0.15, 0.2) is 0 Å². The van der Waals surface area contributed by atoms with Crippen LogP contribution >= 0.6 is 0 Å². The Morgan fingerprint density at radius 3 is 2.81 bits per heavy atom. The van der Waals surface area contributed by atoms with E-state index in [4.69, 9.17) is 11.0 Å². The number of hydrogen-bond donors (Lipinski definition) is 2. The van der Waals surface area contributed by atoms with Gasteiger partial charge in [-0.25, -0.2) is 8.42 Å². The molecule has 1 aromatic rings. The van der Waals surface area contributed by atoms with Gasteiger partial charge in [0.1, 0.15) is 10.9 Å². The summed E-state index contributed by atoms with van der Waals surface area (Å²) in [4.78, 5) is 11.7. The number of carbonyl (C=O) groups excluding carboxylic acids is 1. The molecule has 0 spiro atoms. The van der Waals surface area contributed by atoms with Gasteiger partial charge in [0.25, 0.3) is 0 Å². The van der Waals surface area contributed by atoms with Crippen LogP contribution in [0.4, 0.5) is 5.69 Å². The van der Waals surface area contributed by atoms with E-state index in [-0.39, 0.29) is 28.6 Å². The molecular weight excluding hydrogens is 292 g/mol. The molecule has 1 unspecified atom stereocenters. The second-order valence-corrected chi connectivity index (χ2v) is 6.61. The molecule has 1 aliphatic heterocycles. The topological polar surface area (TPSA) is 116 Å². The van der Waals surface area contributed by atoms with Crippen LogP contribution in [-0.2, 0) is 14.8 Å². The molecule has 1 heterocycles. The second kappa shape index (κ2) is 5.71. The predicted molar refractivity (Wildman–Crippen MR) is 76.5 cm³/mol. The minimum atomic E-state index is -3.86. The smallest absolute Gasteiger partial charge is 0.245 e. The molecule has 112 valence electrons. The second-order valence-electron chi connectivity index (χ2n) is 4.75. The Balaban J connectivity index is 2.43. The molecule has 0 radical (unpaired) electrons. The van der Waals surface area contributed by atoms with E-state index >= 15 is 0 Å². The minimum Gasteiger partial charge on any atom is -0.398 e. The van der Waals surface area contributed by atoms with Gasteiger partial charge in [0.05, 0.1) is 17.3 Å². The van der Waals surface area contributed by atoms with Crippen molar-refractivity contribution >= 4 is 21.6 Å². The molecule has 3 N–H and O–H groups in total. The standard InChI is InChI=1S/C13H16N4O3S/c1-16-13(18)11-3-2-6-17(11)21(19,20)12-5-4-9(8-14)7-10(12)15/h4-5,7,11H,2-3,6,15H2,1H3,(H,16,18). The SMILES string of the molecule is CNC(=O)C1CCCN1S(=O)(=O)c1ccc(C#N)cc1N. The number of sulfonamides is 1. The van der Waals surface area contributed by atoms with Gasteiger partial charge in [-0.3, -0.25) is 4.79 Å². The zero-order chi connectivity index (χ0) is 15.6. The monoisotopic (exact) mass is 308 g/mol. The molecule has 0 aliphatic carbocycles. The van der Waals surface area contributed by atoms with Crippen molar-refractivity contribution in [2.24, 2.45) is 0 Å². The van der Waals surface area contributed by atoms with E-state index in [1.807, 2.05) is 6.07 Å². The first-order chi connectivity index (χ1) is 9.91. The molecule has 1 amide bonds. The van der Waals surface area contributed by atoms with E-state index in [0.717, 1.165) is 0 Å². The summed E-state index contributed by atoms with van der Waals surface area (Å²) in [5.41, 5.74) is 6.05. The predicted octanol–water partition coefficient (Wildman–Crippen LogP) is 0.0396. The number of amides is 1. The summed E-state index contributed by atoms with van der Waals surface area (Å²) in [7, 11) is -2.39. The Morgan fingerprint density at radius 2 is 2.24 bits per heavy atom. The highest BCUT2D eigenvalue weighted by Crippen LogP contribution is 2.29. The number of carbonyl (C=O) groups is 1. The Hall–Kier alpha value is -2.11. The zero-order valence-electron chi connectivity index (χ0n) is 11.5. The fourth-order valence-corrected chi connectivity index (χ4v) is 4.19. The number of anilines is 1. The van der Waals surface area contributed by atoms with Crippen molar-refractivity contribution in [3.63, 3.8) is 0 Å². The Labute approximate surface area is 123 Å². The van der Waals surface area contributed by atoms with Crippen molar-refractivity contribution in [3.8, 4) is 6.07 Å². The van der Waals surface area contributed by atoms with Crippen molar-refractivity contribution in [2.45, 2.75) is 23.8 Å². The Bertz CT molecular complexity index is 709. The molecule has 21 heavy (non-hydrogen) atoms. The third kappa shape index (κ3) is 2.70. The third-order valence-corrected chi connectivity index (χ3v) is 5.46. The van der Waals surface area contributed by atoms with Crippen LogP contribution in [0.15, 0.2) is 23.1 Å². The molecule has 7 nitrogen and oxygen atoms in total. The lowest BCUT2D eigenvalue weighted by molar-refractivity contribution is -0.123. The van der Waals surface area contributed by atoms with Crippen LogP contribution in [0.3, 0.4) is 0 Å². The lowest BCUT2D eigenvalue weighted by atomic mass is 10.2. The van der Waals surface area contributed by atoms with E-state index in [0.29, 0.717) is 12.8 Å². The summed E-state index contributed by atoms with van der Waals surface area (Å²) in [6.07, 6.45) is 1.10. The van der Waals surface area contributed by atoms with Crippen LogP contribution in [-0.4, -0.2) is 38.3 Å². The first kappa shape index (κ1) is 15.3. The molecule has 1 aromatic carbocycles. The van der Waals surface area contributed by atoms with Gasteiger partial charge < -0.3 is 11.1 Å². The fourth-order valence-electron chi connectivity index (χ4n) is 2.44. The minimum absolute atomic E-state index is 0.0107. The van der Waals surface area contributed by atoms with Crippen molar-refractivity contribution in [2.75, 3.05) is 19.3 Å². The van der Waals surface area contributed by atoms with E-state index in [9.17, 15) is 13.2 Å². The lowest BCUT2D eigenvalue weighted by Gasteiger charge is -2.23. The molecule has 1 aliphatic rings. The largest absolute Gasteiger partial charge is 0.398 e. The van der Waals surface area contributed by atoms with E-state index in [1.54, 1.807) is 0 Å². The van der Waals surface area contributed by atoms with E-state index in [2.05, 4.69) is 5.32 Å². The first-order valence-electron chi connectivity index (χ1n) is 6.45. The van der Waals surface area contributed by atoms with Crippen molar-refractivity contribution in [3.05, 3.63) is 23.8 Å². The highest BCUT2D eigenvalue weighted by Gasteiger charge is 2.39. The van der Waals surface area contributed by atoms with Gasteiger partial charge in [-0.2, -0.15) is 9.57 Å². The highest BCUT2D eigenvalue weighted by atomic mass is 32.2. The van der Waals surface area contributed by atoms with E-state index in [1.165, 1.54) is 29.6 Å². The summed E-state index contributed by atoms with van der Waals surface area (Å²) >= 11 is 0. The van der Waals surface area contributed by atoms with Gasteiger partial charge in [0.2, 0.25) is 15.9 Å². The first-order valence-corrected chi connectivity index (χ1v) is 7.89. The van der Waals surface area contributed by atoms with Crippen LogP contribution in [0.2, 0.25) is 0 Å². The highest BCUT2D eigenvalue weighted by molar-refractivity contribution is 7.89. The average molecular weight is 308 g/mol. The van der Waals surface area contributed by atoms with Crippen LogP contribution in [0.1, 0.15) is 18.4 Å². The third-order valence-electron chi connectivity index (χ3n) is 3.48. The summed E-state index contributed by atoms with van der Waals surface area (Å²) in [5.74, 6) is -0.330. The Kier molecular flexibility index (Phi) is 4.16. The molecule has 2 rings (SSSR count). The number of nitrogens with one attached hydrogen (secondary N) is 1. The summed E-state index contributed by atoms with van der Waals surface area (Å²) in [5, 5.41) is 11.3. The van der Waals surface area contributed by atoms with Crippen LogP contribution in [0.5, 0.6) is 0 Å². The summed E-state index contributed by atoms with van der Waals surface area (Å²) in [6, 6.07) is 5.21. The van der Waals surface area contributed by atoms with Gasteiger partial charge in [-0.05, 0) is 31.0 Å². The average Bonchev–Trinajstić information content (AvgIpc) is 2.96. The van der Waals surface area contributed by atoms with Crippen LogP contribution in [0, 0.1) is 11.3 Å². The van der Waals surface area contributed by atoms with Crippen LogP contribution < -0.4 is 11.1 Å². The maximum absolute atomic E-state index is 12.7. The molecular formula is C13H16N4O3S. The number of rotatable bonds is 3. The number of nitrogens with two attached hydrogens (primary N) is 1. The molecule has 1 atom stereocenters. The normalized spacial score (nSPS) is 19.1. The molecule has 0 aromatic heterocycles. The van der Waals surface area contributed by atoms with E-state index < -0.39 is 16.1 Å². The maximum atomic E-state index is 12.7. The molecule has 1 fully saturated rings.